The van der Waals surface area contributed by atoms with Gasteiger partial charge in [0.15, 0.2) is 0 Å². The molecule has 0 aromatic heterocycles. The second-order valence-electron chi connectivity index (χ2n) is 3.45. The van der Waals surface area contributed by atoms with Gasteiger partial charge >= 0.3 is 0 Å². The Balaban J connectivity index is 2.23. The van der Waals surface area contributed by atoms with Crippen LogP contribution in [0.1, 0.15) is 27.2 Å². The third-order valence-corrected chi connectivity index (χ3v) is 2.55. The van der Waals surface area contributed by atoms with E-state index >= 15 is 0 Å². The molecular weight excluding hydrogens is 110 g/mol. The lowest BCUT2D eigenvalue weighted by Gasteiger charge is -2.35. The van der Waals surface area contributed by atoms with Crippen molar-refractivity contribution in [2.45, 2.75) is 33.2 Å². The van der Waals surface area contributed by atoms with Crippen LogP contribution in [0.15, 0.2) is 0 Å². The molecule has 0 amide bonds. The lowest BCUT2D eigenvalue weighted by atomic mass is 9.85. The Morgan fingerprint density at radius 3 is 2.00 bits per heavy atom. The molecule has 1 heterocycles. The molecule has 9 heavy (non-hydrogen) atoms. The SMILES string of the molecule is CC(C)C(C)[C@H]1CCN1. The summed E-state index contributed by atoms with van der Waals surface area (Å²) in [5.41, 5.74) is 0. The fraction of sp³-hybridized carbons (Fsp3) is 1.00. The van der Waals surface area contributed by atoms with Crippen LogP contribution in [-0.2, 0) is 0 Å². The van der Waals surface area contributed by atoms with Crippen molar-refractivity contribution in [1.29, 1.82) is 0 Å². The fourth-order valence-electron chi connectivity index (χ4n) is 1.22. The van der Waals surface area contributed by atoms with Gasteiger partial charge < -0.3 is 5.32 Å². The van der Waals surface area contributed by atoms with Gasteiger partial charge in [0.05, 0.1) is 0 Å². The summed E-state index contributed by atoms with van der Waals surface area (Å²) in [7, 11) is 0. The molecule has 0 aromatic carbocycles. The van der Waals surface area contributed by atoms with Gasteiger partial charge in [-0.1, -0.05) is 20.8 Å². The average molecular weight is 127 g/mol. The summed E-state index contributed by atoms with van der Waals surface area (Å²) >= 11 is 0. The second-order valence-corrected chi connectivity index (χ2v) is 3.45. The van der Waals surface area contributed by atoms with Gasteiger partial charge in [0.2, 0.25) is 0 Å². The molecule has 0 saturated carbocycles. The van der Waals surface area contributed by atoms with Crippen molar-refractivity contribution in [2.75, 3.05) is 6.54 Å². The maximum atomic E-state index is 3.43. The minimum Gasteiger partial charge on any atom is -0.314 e. The van der Waals surface area contributed by atoms with E-state index in [9.17, 15) is 0 Å². The molecule has 0 aromatic rings. The summed E-state index contributed by atoms with van der Waals surface area (Å²) in [5, 5.41) is 3.43. The van der Waals surface area contributed by atoms with Crippen LogP contribution in [-0.4, -0.2) is 12.6 Å². The van der Waals surface area contributed by atoms with Gasteiger partial charge in [-0.3, -0.25) is 0 Å². The van der Waals surface area contributed by atoms with Crippen molar-refractivity contribution in [2.24, 2.45) is 11.8 Å². The molecule has 0 spiro atoms. The highest BCUT2D eigenvalue weighted by molar-refractivity contribution is 4.83. The molecule has 54 valence electrons. The Hall–Kier alpha value is -0.0400. The molecule has 0 bridgehead atoms. The van der Waals surface area contributed by atoms with Crippen LogP contribution in [0.5, 0.6) is 0 Å². The average Bonchev–Trinajstić information content (AvgIpc) is 1.60. The number of hydrogen-bond acceptors (Lipinski definition) is 1. The monoisotopic (exact) mass is 127 g/mol. The quantitative estimate of drug-likeness (QED) is 0.594. The first-order chi connectivity index (χ1) is 4.22. The van der Waals surface area contributed by atoms with Crippen LogP contribution in [0.2, 0.25) is 0 Å². The first-order valence-electron chi connectivity index (χ1n) is 3.95. The van der Waals surface area contributed by atoms with Crippen molar-refractivity contribution in [1.82, 2.24) is 5.32 Å². The number of hydrogen-bond donors (Lipinski definition) is 1. The smallest absolute Gasteiger partial charge is 0.0107 e. The summed E-state index contributed by atoms with van der Waals surface area (Å²) in [6.07, 6.45) is 1.39. The highest BCUT2D eigenvalue weighted by Gasteiger charge is 2.24. The normalized spacial score (nSPS) is 30.0. The van der Waals surface area contributed by atoms with E-state index in [4.69, 9.17) is 0 Å². The Bertz CT molecular complexity index is 84.6. The third kappa shape index (κ3) is 1.45. The van der Waals surface area contributed by atoms with E-state index < -0.39 is 0 Å². The van der Waals surface area contributed by atoms with Gasteiger partial charge in [0.1, 0.15) is 0 Å². The molecule has 1 aliphatic heterocycles. The van der Waals surface area contributed by atoms with Crippen LogP contribution < -0.4 is 5.32 Å². The van der Waals surface area contributed by atoms with Gasteiger partial charge in [0, 0.05) is 6.04 Å². The van der Waals surface area contributed by atoms with Crippen molar-refractivity contribution in [3.8, 4) is 0 Å². The molecule has 2 atom stereocenters. The Morgan fingerprint density at radius 2 is 1.89 bits per heavy atom. The standard InChI is InChI=1S/C8H17N/c1-6(2)7(3)8-4-5-9-8/h6-9H,4-5H2,1-3H3/t7?,8-/m1/s1. The van der Waals surface area contributed by atoms with Crippen LogP contribution in [0.25, 0.3) is 0 Å². The van der Waals surface area contributed by atoms with Crippen LogP contribution in [0.4, 0.5) is 0 Å². The molecule has 1 N–H and O–H groups in total. The van der Waals surface area contributed by atoms with Gasteiger partial charge in [-0.2, -0.15) is 0 Å². The summed E-state index contributed by atoms with van der Waals surface area (Å²) < 4.78 is 0. The van der Waals surface area contributed by atoms with Crippen LogP contribution in [0.3, 0.4) is 0 Å². The molecule has 0 radical (unpaired) electrons. The Labute approximate surface area is 57.8 Å². The lowest BCUT2D eigenvalue weighted by Crippen LogP contribution is -2.48. The summed E-state index contributed by atoms with van der Waals surface area (Å²) in [4.78, 5) is 0. The molecule has 1 nitrogen and oxygen atoms in total. The topological polar surface area (TPSA) is 12.0 Å². The zero-order valence-corrected chi connectivity index (χ0v) is 6.65. The zero-order valence-electron chi connectivity index (χ0n) is 6.65. The first kappa shape index (κ1) is 7.07. The molecule has 1 saturated heterocycles. The summed E-state index contributed by atoms with van der Waals surface area (Å²) in [5.74, 6) is 1.70. The van der Waals surface area contributed by atoms with E-state index in [2.05, 4.69) is 26.1 Å². The Morgan fingerprint density at radius 1 is 1.33 bits per heavy atom. The van der Waals surface area contributed by atoms with Crippen molar-refractivity contribution in [3.63, 3.8) is 0 Å². The van der Waals surface area contributed by atoms with E-state index in [-0.39, 0.29) is 0 Å². The highest BCUT2D eigenvalue weighted by atomic mass is 15.0. The van der Waals surface area contributed by atoms with Gasteiger partial charge in [-0.05, 0) is 24.8 Å². The van der Waals surface area contributed by atoms with Crippen molar-refractivity contribution >= 4 is 0 Å². The van der Waals surface area contributed by atoms with Crippen molar-refractivity contribution < 1.29 is 0 Å². The molecule has 1 rings (SSSR count). The minimum absolute atomic E-state index is 0.824. The van der Waals surface area contributed by atoms with Crippen LogP contribution in [0, 0.1) is 11.8 Å². The third-order valence-electron chi connectivity index (χ3n) is 2.55. The molecule has 1 heteroatoms. The molecule has 1 unspecified atom stereocenters. The van der Waals surface area contributed by atoms with E-state index in [1.807, 2.05) is 0 Å². The fourth-order valence-corrected chi connectivity index (χ4v) is 1.22. The first-order valence-corrected chi connectivity index (χ1v) is 3.95. The zero-order chi connectivity index (χ0) is 6.85. The lowest BCUT2D eigenvalue weighted by molar-refractivity contribution is 0.225. The Kier molecular flexibility index (Phi) is 2.12. The van der Waals surface area contributed by atoms with Crippen LogP contribution >= 0.6 is 0 Å². The van der Waals surface area contributed by atoms with Crippen molar-refractivity contribution in [3.05, 3.63) is 0 Å². The highest BCUT2D eigenvalue weighted by Crippen LogP contribution is 2.20. The van der Waals surface area contributed by atoms with E-state index in [1.165, 1.54) is 13.0 Å². The largest absolute Gasteiger partial charge is 0.314 e. The number of nitrogens with one attached hydrogen (secondary N) is 1. The molecule has 0 aliphatic carbocycles. The van der Waals surface area contributed by atoms with Gasteiger partial charge in [-0.25, -0.2) is 0 Å². The molecule has 1 fully saturated rings. The predicted octanol–water partition coefficient (Wildman–Crippen LogP) is 1.64. The number of rotatable bonds is 2. The summed E-state index contributed by atoms with van der Waals surface area (Å²) in [6, 6.07) is 0.824. The second kappa shape index (κ2) is 2.70. The van der Waals surface area contributed by atoms with E-state index in [1.54, 1.807) is 0 Å². The van der Waals surface area contributed by atoms with Gasteiger partial charge in [-0.15, -0.1) is 0 Å². The van der Waals surface area contributed by atoms with Gasteiger partial charge in [0.25, 0.3) is 0 Å². The van der Waals surface area contributed by atoms with E-state index in [0.29, 0.717) is 0 Å². The molecule has 1 aliphatic rings. The maximum Gasteiger partial charge on any atom is 0.0107 e. The minimum atomic E-state index is 0.824. The maximum absolute atomic E-state index is 3.43. The predicted molar refractivity (Wildman–Crippen MR) is 40.4 cm³/mol. The summed E-state index contributed by atoms with van der Waals surface area (Å²) in [6.45, 7) is 8.17. The molecular formula is C8H17N. The van der Waals surface area contributed by atoms with E-state index in [0.717, 1.165) is 17.9 Å².